The number of benzene rings is 1. The van der Waals surface area contributed by atoms with Gasteiger partial charge in [0.25, 0.3) is 0 Å². The molecule has 0 aromatic heterocycles. The molecule has 27 heavy (non-hydrogen) atoms. The topological polar surface area (TPSA) is 119 Å². The smallest absolute Gasteiger partial charge is 0.231 e. The average molecular weight is 359 g/mol. The average Bonchev–Trinajstić information content (AvgIpc) is 3.15. The number of nitrogens with zero attached hydrogens (tertiary/aromatic N) is 4. The summed E-state index contributed by atoms with van der Waals surface area (Å²) in [6.45, 7) is 1.45. The lowest BCUT2D eigenvalue weighted by Gasteiger charge is -2.45. The molecule has 0 unspecified atom stereocenters. The number of likely N-dealkylation sites (N-methyl/N-ethyl adjacent to an activating group) is 1. The number of allylic oxidation sites excluding steroid dienone is 2. The van der Waals surface area contributed by atoms with Crippen molar-refractivity contribution in [3.8, 4) is 29.7 Å². The van der Waals surface area contributed by atoms with E-state index >= 15 is 0 Å². The Kier molecular flexibility index (Phi) is 3.81. The Bertz CT molecular complexity index is 991. The number of hydrogen-bond acceptors (Lipinski definition) is 7. The van der Waals surface area contributed by atoms with Crippen LogP contribution in [0.15, 0.2) is 41.1 Å². The lowest BCUT2D eigenvalue weighted by molar-refractivity contribution is 0.174. The van der Waals surface area contributed by atoms with E-state index in [0.717, 1.165) is 11.1 Å². The van der Waals surface area contributed by atoms with Crippen molar-refractivity contribution >= 4 is 0 Å². The van der Waals surface area contributed by atoms with E-state index in [0.29, 0.717) is 24.6 Å². The van der Waals surface area contributed by atoms with E-state index in [1.807, 2.05) is 25.3 Å². The van der Waals surface area contributed by atoms with Crippen LogP contribution in [0.25, 0.3) is 0 Å². The van der Waals surface area contributed by atoms with Crippen molar-refractivity contribution in [1.29, 1.82) is 15.8 Å². The highest BCUT2D eigenvalue weighted by Crippen LogP contribution is 2.54. The summed E-state index contributed by atoms with van der Waals surface area (Å²) in [4.78, 5) is 2.10. The molecule has 0 radical (unpaired) electrons. The molecule has 0 fully saturated rings. The van der Waals surface area contributed by atoms with Crippen LogP contribution in [0.5, 0.6) is 11.5 Å². The van der Waals surface area contributed by atoms with Crippen LogP contribution >= 0.6 is 0 Å². The standard InChI is InChI=1S/C20H17N5O2/c1-25-5-4-13-14(7-21)19(24)20(9-22,10-23)18(15(13)8-25)12-2-3-16-17(6-12)27-11-26-16/h2-4,6,15,18H,5,8,11,24H2,1H3/t15-,18-/m0/s1. The Morgan fingerprint density at radius 2 is 1.93 bits per heavy atom. The van der Waals surface area contributed by atoms with Gasteiger partial charge < -0.3 is 20.1 Å². The van der Waals surface area contributed by atoms with Gasteiger partial charge in [-0.2, -0.15) is 15.8 Å². The quantitative estimate of drug-likeness (QED) is 0.811. The molecule has 2 aliphatic heterocycles. The molecule has 2 heterocycles. The molecule has 0 amide bonds. The van der Waals surface area contributed by atoms with Crippen LogP contribution in [0.4, 0.5) is 0 Å². The predicted octanol–water partition coefficient (Wildman–Crippen LogP) is 1.77. The summed E-state index contributed by atoms with van der Waals surface area (Å²) in [7, 11) is 1.97. The lowest BCUT2D eigenvalue weighted by atomic mass is 9.58. The third-order valence-electron chi connectivity index (χ3n) is 5.60. The summed E-state index contributed by atoms with van der Waals surface area (Å²) < 4.78 is 10.9. The third-order valence-corrected chi connectivity index (χ3v) is 5.60. The van der Waals surface area contributed by atoms with Crippen molar-refractivity contribution in [2.45, 2.75) is 5.92 Å². The molecule has 7 nitrogen and oxygen atoms in total. The van der Waals surface area contributed by atoms with E-state index in [1.165, 1.54) is 0 Å². The van der Waals surface area contributed by atoms with Crippen molar-refractivity contribution in [2.24, 2.45) is 17.1 Å². The summed E-state index contributed by atoms with van der Waals surface area (Å²) in [6.07, 6.45) is 1.97. The van der Waals surface area contributed by atoms with Crippen LogP contribution in [0, 0.1) is 45.3 Å². The molecule has 7 heteroatoms. The van der Waals surface area contributed by atoms with Crippen molar-refractivity contribution in [3.05, 3.63) is 46.7 Å². The van der Waals surface area contributed by atoms with Crippen LogP contribution in [0.3, 0.4) is 0 Å². The van der Waals surface area contributed by atoms with E-state index < -0.39 is 11.3 Å². The van der Waals surface area contributed by atoms with Gasteiger partial charge in [0.1, 0.15) is 6.07 Å². The first-order valence-electron chi connectivity index (χ1n) is 8.57. The van der Waals surface area contributed by atoms with Crippen LogP contribution in [-0.4, -0.2) is 31.8 Å². The first-order chi connectivity index (χ1) is 13.1. The van der Waals surface area contributed by atoms with Crippen LogP contribution in [0.2, 0.25) is 0 Å². The zero-order valence-electron chi connectivity index (χ0n) is 14.8. The summed E-state index contributed by atoms with van der Waals surface area (Å²) in [5.41, 5.74) is 6.53. The Labute approximate surface area is 157 Å². The lowest BCUT2D eigenvalue weighted by Crippen LogP contribution is -2.47. The fourth-order valence-electron chi connectivity index (χ4n) is 4.31. The molecule has 0 spiro atoms. The van der Waals surface area contributed by atoms with Gasteiger partial charge in [-0.25, -0.2) is 0 Å². The Morgan fingerprint density at radius 1 is 1.19 bits per heavy atom. The molecule has 4 rings (SSSR count). The van der Waals surface area contributed by atoms with Gasteiger partial charge >= 0.3 is 0 Å². The van der Waals surface area contributed by atoms with Gasteiger partial charge in [0.15, 0.2) is 16.9 Å². The third kappa shape index (κ3) is 2.28. The zero-order valence-corrected chi connectivity index (χ0v) is 14.8. The van der Waals surface area contributed by atoms with E-state index in [-0.39, 0.29) is 24.0 Å². The first kappa shape index (κ1) is 17.0. The molecule has 3 aliphatic rings. The molecule has 0 saturated carbocycles. The SMILES string of the molecule is CN1CC=C2C(C#N)=C(N)C(C#N)(C#N)[C@@H](c3ccc4c(c3)OCO4)[C@H]2C1. The van der Waals surface area contributed by atoms with Gasteiger partial charge in [-0.15, -0.1) is 0 Å². The van der Waals surface area contributed by atoms with E-state index in [2.05, 4.69) is 23.1 Å². The molecular weight excluding hydrogens is 342 g/mol. The maximum Gasteiger partial charge on any atom is 0.231 e. The summed E-state index contributed by atoms with van der Waals surface area (Å²) in [5.74, 6) is 0.492. The second-order valence-corrected chi connectivity index (χ2v) is 7.01. The largest absolute Gasteiger partial charge is 0.454 e. The maximum absolute atomic E-state index is 10.0. The van der Waals surface area contributed by atoms with Gasteiger partial charge in [-0.05, 0) is 30.3 Å². The normalized spacial score (nSPS) is 25.6. The molecule has 134 valence electrons. The number of nitrogens with two attached hydrogens (primary N) is 1. The van der Waals surface area contributed by atoms with Crippen molar-refractivity contribution in [2.75, 3.05) is 26.9 Å². The summed E-state index contributed by atoms with van der Waals surface area (Å²) in [5, 5.41) is 29.7. The fraction of sp³-hybridized carbons (Fsp3) is 0.350. The number of ether oxygens (including phenoxy) is 2. The first-order valence-corrected chi connectivity index (χ1v) is 8.57. The van der Waals surface area contributed by atoms with Crippen molar-refractivity contribution in [1.82, 2.24) is 4.90 Å². The van der Waals surface area contributed by atoms with Crippen LogP contribution in [0.1, 0.15) is 11.5 Å². The molecule has 1 aliphatic carbocycles. The highest BCUT2D eigenvalue weighted by Gasteiger charge is 2.54. The van der Waals surface area contributed by atoms with Gasteiger partial charge in [0.2, 0.25) is 6.79 Å². The minimum Gasteiger partial charge on any atom is -0.454 e. The van der Waals surface area contributed by atoms with Crippen molar-refractivity contribution < 1.29 is 9.47 Å². The molecule has 0 bridgehead atoms. The van der Waals surface area contributed by atoms with E-state index in [1.54, 1.807) is 6.07 Å². The van der Waals surface area contributed by atoms with Gasteiger partial charge in [0.05, 0.1) is 23.4 Å². The van der Waals surface area contributed by atoms with Crippen LogP contribution in [-0.2, 0) is 0 Å². The maximum atomic E-state index is 10.0. The second-order valence-electron chi connectivity index (χ2n) is 7.01. The minimum atomic E-state index is -1.63. The molecule has 1 aromatic carbocycles. The van der Waals surface area contributed by atoms with Crippen molar-refractivity contribution in [3.63, 3.8) is 0 Å². The molecule has 2 N–H and O–H groups in total. The number of hydrogen-bond donors (Lipinski definition) is 1. The number of rotatable bonds is 1. The second kappa shape index (κ2) is 6.06. The summed E-state index contributed by atoms with van der Waals surface area (Å²) in [6, 6.07) is 11.8. The Hall–Kier alpha value is -3.47. The predicted molar refractivity (Wildman–Crippen MR) is 94.9 cm³/mol. The zero-order chi connectivity index (χ0) is 19.2. The fourth-order valence-corrected chi connectivity index (χ4v) is 4.31. The Balaban J connectivity index is 1.98. The molecule has 2 atom stereocenters. The summed E-state index contributed by atoms with van der Waals surface area (Å²) >= 11 is 0. The monoisotopic (exact) mass is 359 g/mol. The number of fused-ring (bicyclic) bond motifs is 2. The number of nitriles is 3. The highest BCUT2D eigenvalue weighted by atomic mass is 16.7. The van der Waals surface area contributed by atoms with E-state index in [9.17, 15) is 15.8 Å². The Morgan fingerprint density at radius 3 is 2.63 bits per heavy atom. The van der Waals surface area contributed by atoms with Gasteiger partial charge in [0, 0.05) is 24.9 Å². The van der Waals surface area contributed by atoms with Crippen LogP contribution < -0.4 is 15.2 Å². The van der Waals surface area contributed by atoms with E-state index in [4.69, 9.17) is 15.2 Å². The highest BCUT2D eigenvalue weighted by molar-refractivity contribution is 5.60. The van der Waals surface area contributed by atoms with Gasteiger partial charge in [-0.3, -0.25) is 0 Å². The minimum absolute atomic E-state index is 0.0321. The van der Waals surface area contributed by atoms with Gasteiger partial charge in [-0.1, -0.05) is 12.1 Å². The molecular formula is C20H17N5O2. The molecule has 1 aromatic rings. The molecule has 0 saturated heterocycles.